The smallest absolute Gasteiger partial charge is 0.119 e. The Labute approximate surface area is 138 Å². The van der Waals surface area contributed by atoms with Gasteiger partial charge >= 0.3 is 0 Å². The van der Waals surface area contributed by atoms with Crippen LogP contribution in [0.25, 0.3) is 0 Å². The van der Waals surface area contributed by atoms with Crippen LogP contribution in [0.15, 0.2) is 22.7 Å². The summed E-state index contributed by atoms with van der Waals surface area (Å²) in [5.41, 5.74) is 1.76. The molecule has 0 aliphatic carbocycles. The maximum Gasteiger partial charge on any atom is 0.119 e. The van der Waals surface area contributed by atoms with E-state index < -0.39 is 0 Å². The first-order valence-corrected chi connectivity index (χ1v) is 8.62. The van der Waals surface area contributed by atoms with E-state index in [1.807, 2.05) is 6.07 Å². The predicted molar refractivity (Wildman–Crippen MR) is 95.2 cm³/mol. The molecule has 0 heterocycles. The van der Waals surface area contributed by atoms with Gasteiger partial charge in [-0.15, -0.1) is 0 Å². The maximum atomic E-state index is 5.37. The molecule has 0 aromatic heterocycles. The summed E-state index contributed by atoms with van der Waals surface area (Å²) in [4.78, 5) is 0. The molecule has 1 rings (SSSR count). The highest BCUT2D eigenvalue weighted by Crippen LogP contribution is 2.34. The summed E-state index contributed by atoms with van der Waals surface area (Å²) in [6, 6.07) is 6.24. The fraction of sp³-hybridized carbons (Fsp3) is 0.667. The summed E-state index contributed by atoms with van der Waals surface area (Å²) < 4.78 is 6.54. The lowest BCUT2D eigenvalue weighted by Gasteiger charge is -2.36. The van der Waals surface area contributed by atoms with E-state index in [1.165, 1.54) is 10.0 Å². The number of benzene rings is 1. The molecular weight excluding hydrogens is 326 g/mol. The van der Waals surface area contributed by atoms with Crippen LogP contribution in [0.3, 0.4) is 0 Å². The molecule has 2 nitrogen and oxygen atoms in total. The minimum absolute atomic E-state index is 0.154. The van der Waals surface area contributed by atoms with Crippen LogP contribution in [0.2, 0.25) is 0 Å². The van der Waals surface area contributed by atoms with Crippen molar-refractivity contribution in [2.24, 2.45) is 5.41 Å². The normalized spacial score (nSPS) is 12.5. The molecule has 1 aromatic rings. The number of halogens is 1. The molecule has 120 valence electrons. The molecule has 21 heavy (non-hydrogen) atoms. The second kappa shape index (κ2) is 7.64. The molecule has 1 aromatic carbocycles. The van der Waals surface area contributed by atoms with Crippen molar-refractivity contribution in [3.8, 4) is 5.75 Å². The first-order valence-electron chi connectivity index (χ1n) is 7.82. The highest BCUT2D eigenvalue weighted by atomic mass is 79.9. The van der Waals surface area contributed by atoms with E-state index in [0.29, 0.717) is 0 Å². The lowest BCUT2D eigenvalue weighted by Crippen LogP contribution is -2.44. The van der Waals surface area contributed by atoms with Gasteiger partial charge in [-0.3, -0.25) is 0 Å². The average molecular weight is 356 g/mol. The molecule has 0 radical (unpaired) electrons. The van der Waals surface area contributed by atoms with Gasteiger partial charge in [-0.25, -0.2) is 0 Å². The number of nitrogens with one attached hydrogen (secondary N) is 1. The number of ether oxygens (including phenoxy) is 1. The van der Waals surface area contributed by atoms with Gasteiger partial charge in [0.15, 0.2) is 0 Å². The topological polar surface area (TPSA) is 21.3 Å². The fourth-order valence-electron chi connectivity index (χ4n) is 2.48. The van der Waals surface area contributed by atoms with E-state index in [2.05, 4.69) is 68.0 Å². The number of hydrogen-bond acceptors (Lipinski definition) is 2. The van der Waals surface area contributed by atoms with E-state index in [0.717, 1.165) is 31.6 Å². The summed E-state index contributed by atoms with van der Waals surface area (Å²) in [7, 11) is 1.72. The minimum atomic E-state index is 0.154. The lowest BCUT2D eigenvalue weighted by molar-refractivity contribution is 0.220. The molecule has 0 amide bonds. The Morgan fingerprint density at radius 2 is 1.76 bits per heavy atom. The molecule has 0 fully saturated rings. The molecule has 0 spiro atoms. The van der Waals surface area contributed by atoms with Crippen LogP contribution in [0.1, 0.15) is 53.0 Å². The predicted octanol–water partition coefficient (Wildman–Crippen LogP) is 5.19. The van der Waals surface area contributed by atoms with Gasteiger partial charge < -0.3 is 10.1 Å². The molecule has 0 saturated heterocycles. The zero-order chi connectivity index (χ0) is 16.1. The van der Waals surface area contributed by atoms with E-state index >= 15 is 0 Å². The van der Waals surface area contributed by atoms with Gasteiger partial charge in [-0.05, 0) is 69.2 Å². The van der Waals surface area contributed by atoms with Crippen LogP contribution in [0.4, 0.5) is 0 Å². The quantitative estimate of drug-likeness (QED) is 0.725. The van der Waals surface area contributed by atoms with E-state index in [4.69, 9.17) is 4.74 Å². The summed E-state index contributed by atoms with van der Waals surface area (Å²) in [5, 5.41) is 3.69. The van der Waals surface area contributed by atoms with Gasteiger partial charge in [0.25, 0.3) is 0 Å². The average Bonchev–Trinajstić information content (AvgIpc) is 2.45. The van der Waals surface area contributed by atoms with Crippen molar-refractivity contribution in [2.45, 2.75) is 59.4 Å². The molecule has 0 atom stereocenters. The Morgan fingerprint density at radius 3 is 2.24 bits per heavy atom. The zero-order valence-corrected chi connectivity index (χ0v) is 15.9. The van der Waals surface area contributed by atoms with Gasteiger partial charge in [-0.2, -0.15) is 0 Å². The van der Waals surface area contributed by atoms with E-state index in [9.17, 15) is 0 Å². The first kappa shape index (κ1) is 18.5. The second-order valence-electron chi connectivity index (χ2n) is 6.94. The molecule has 0 saturated carbocycles. The van der Waals surface area contributed by atoms with Gasteiger partial charge in [0.05, 0.1) is 7.11 Å². The molecule has 1 N–H and O–H groups in total. The first-order chi connectivity index (χ1) is 9.75. The number of hydrogen-bond donors (Lipinski definition) is 1. The standard InChI is InChI=1S/C18H30BrNO/c1-7-18(8-2,13-20-17(3,4)5)12-14-11-15(21-6)9-10-16(14)19/h9-11,20H,7-8,12-13H2,1-6H3. The van der Waals surface area contributed by atoms with Crippen molar-refractivity contribution >= 4 is 15.9 Å². The van der Waals surface area contributed by atoms with Crippen LogP contribution in [0, 0.1) is 5.41 Å². The molecule has 0 aliphatic rings. The van der Waals surface area contributed by atoms with Crippen LogP contribution in [-0.2, 0) is 6.42 Å². The van der Waals surface area contributed by atoms with Gasteiger partial charge in [0.1, 0.15) is 5.75 Å². The van der Waals surface area contributed by atoms with Crippen molar-refractivity contribution in [3.63, 3.8) is 0 Å². The molecular formula is C18H30BrNO. The van der Waals surface area contributed by atoms with Crippen molar-refractivity contribution in [1.82, 2.24) is 5.32 Å². The molecule has 0 unspecified atom stereocenters. The van der Waals surface area contributed by atoms with Gasteiger partial charge in [0.2, 0.25) is 0 Å². The van der Waals surface area contributed by atoms with Crippen LogP contribution >= 0.6 is 15.9 Å². The number of methoxy groups -OCH3 is 1. The third-order valence-electron chi connectivity index (χ3n) is 4.31. The Hall–Kier alpha value is -0.540. The van der Waals surface area contributed by atoms with Crippen LogP contribution in [-0.4, -0.2) is 19.2 Å². The second-order valence-corrected chi connectivity index (χ2v) is 7.80. The molecule has 0 aliphatic heterocycles. The van der Waals surface area contributed by atoms with E-state index in [1.54, 1.807) is 7.11 Å². The fourth-order valence-corrected chi connectivity index (χ4v) is 2.87. The monoisotopic (exact) mass is 355 g/mol. The Bertz CT molecular complexity index is 447. The SMILES string of the molecule is CCC(CC)(CNC(C)(C)C)Cc1cc(OC)ccc1Br. The highest BCUT2D eigenvalue weighted by Gasteiger charge is 2.29. The third kappa shape index (κ3) is 5.63. The van der Waals surface area contributed by atoms with Crippen molar-refractivity contribution in [3.05, 3.63) is 28.2 Å². The van der Waals surface area contributed by atoms with Gasteiger partial charge in [0, 0.05) is 16.6 Å². The lowest BCUT2D eigenvalue weighted by atomic mass is 9.76. The van der Waals surface area contributed by atoms with Crippen molar-refractivity contribution in [2.75, 3.05) is 13.7 Å². The number of rotatable bonds is 7. The highest BCUT2D eigenvalue weighted by molar-refractivity contribution is 9.10. The largest absolute Gasteiger partial charge is 0.497 e. The summed E-state index contributed by atoms with van der Waals surface area (Å²) in [6.45, 7) is 12.3. The molecule has 0 bridgehead atoms. The summed E-state index contributed by atoms with van der Waals surface area (Å²) in [6.07, 6.45) is 3.38. The Morgan fingerprint density at radius 1 is 1.14 bits per heavy atom. The van der Waals surface area contributed by atoms with Crippen LogP contribution < -0.4 is 10.1 Å². The third-order valence-corrected chi connectivity index (χ3v) is 5.09. The van der Waals surface area contributed by atoms with Crippen molar-refractivity contribution < 1.29 is 4.74 Å². The Kier molecular flexibility index (Phi) is 6.73. The van der Waals surface area contributed by atoms with Crippen molar-refractivity contribution in [1.29, 1.82) is 0 Å². The molecule has 3 heteroatoms. The summed E-state index contributed by atoms with van der Waals surface area (Å²) >= 11 is 3.69. The Balaban J connectivity index is 2.96. The van der Waals surface area contributed by atoms with E-state index in [-0.39, 0.29) is 11.0 Å². The van der Waals surface area contributed by atoms with Crippen LogP contribution in [0.5, 0.6) is 5.75 Å². The zero-order valence-electron chi connectivity index (χ0n) is 14.3. The summed E-state index contributed by atoms with van der Waals surface area (Å²) in [5.74, 6) is 0.929. The maximum absolute atomic E-state index is 5.37. The minimum Gasteiger partial charge on any atom is -0.497 e. The van der Waals surface area contributed by atoms with Gasteiger partial charge in [-0.1, -0.05) is 29.8 Å².